The summed E-state index contributed by atoms with van der Waals surface area (Å²) in [5.74, 6) is 0. The molecule has 0 bridgehead atoms. The third-order valence-corrected chi connectivity index (χ3v) is 0. The molecule has 0 amide bonds. The summed E-state index contributed by atoms with van der Waals surface area (Å²) in [6.07, 6.45) is 0.250. The van der Waals surface area contributed by atoms with Gasteiger partial charge in [0.1, 0.15) is 0 Å². The molecule has 0 saturated heterocycles. The van der Waals surface area contributed by atoms with Crippen LogP contribution >= 0.6 is 34.8 Å². The molecule has 0 aliphatic heterocycles. The SMILES string of the molecule is ClC(Cl)Cl.O=C=O. The van der Waals surface area contributed by atoms with Crippen molar-refractivity contribution in [1.29, 1.82) is 0 Å². The second-order valence-corrected chi connectivity index (χ2v) is 2.31. The van der Waals surface area contributed by atoms with Crippen LogP contribution < -0.4 is 0 Å². The molecule has 0 aromatic rings. The van der Waals surface area contributed by atoms with Gasteiger partial charge in [0.05, 0.1) is 0 Å². The van der Waals surface area contributed by atoms with E-state index in [4.69, 9.17) is 44.4 Å². The zero-order valence-corrected chi connectivity index (χ0v) is 5.30. The molecule has 2 nitrogen and oxygen atoms in total. The van der Waals surface area contributed by atoms with E-state index in [9.17, 15) is 0 Å². The summed E-state index contributed by atoms with van der Waals surface area (Å²) in [6, 6.07) is 0. The van der Waals surface area contributed by atoms with Crippen LogP contribution in [0.5, 0.6) is 0 Å². The first kappa shape index (κ1) is 10.3. The monoisotopic (exact) mass is 162 g/mol. The number of rotatable bonds is 0. The lowest BCUT2D eigenvalue weighted by molar-refractivity contribution is -0.191. The van der Waals surface area contributed by atoms with Gasteiger partial charge in [-0.2, -0.15) is 9.59 Å². The molecule has 0 aromatic heterocycles. The van der Waals surface area contributed by atoms with E-state index in [1.807, 2.05) is 0 Å². The summed E-state index contributed by atoms with van der Waals surface area (Å²) >= 11 is 14.4. The second kappa shape index (κ2) is 9.54. The van der Waals surface area contributed by atoms with Gasteiger partial charge in [0.2, 0.25) is 0 Å². The van der Waals surface area contributed by atoms with Crippen LogP contribution in [-0.4, -0.2) is 10.4 Å². The van der Waals surface area contributed by atoms with Crippen LogP contribution in [0.15, 0.2) is 0 Å². The van der Waals surface area contributed by atoms with E-state index in [2.05, 4.69) is 0 Å². The van der Waals surface area contributed by atoms with E-state index >= 15 is 0 Å². The minimum Gasteiger partial charge on any atom is -0.186 e. The highest BCUT2D eigenvalue weighted by Gasteiger charge is 1.78. The predicted molar refractivity (Wildman–Crippen MR) is 26.4 cm³/mol. The molecular weight excluding hydrogens is 162 g/mol. The molecule has 0 atom stereocenters. The normalized spacial score (nSPS) is 6.29. The molecule has 0 N–H and O–H groups in total. The largest absolute Gasteiger partial charge is 0.373 e. The summed E-state index contributed by atoms with van der Waals surface area (Å²) in [5, 5.41) is 0. The van der Waals surface area contributed by atoms with Crippen LogP contribution in [0.3, 0.4) is 0 Å². The molecule has 0 radical (unpaired) electrons. The van der Waals surface area contributed by atoms with Gasteiger partial charge in [-0.05, 0) is 0 Å². The van der Waals surface area contributed by atoms with Crippen LogP contribution in [0, 0.1) is 0 Å². The molecule has 0 spiro atoms. The van der Waals surface area contributed by atoms with Crippen LogP contribution in [0.25, 0.3) is 0 Å². The Bertz CT molecular complexity index is 53.2. The zero-order valence-electron chi connectivity index (χ0n) is 3.03. The first-order chi connectivity index (χ1) is 3.15. The van der Waals surface area contributed by atoms with Gasteiger partial charge < -0.3 is 0 Å². The Kier molecular flexibility index (Phi) is 14.0. The van der Waals surface area contributed by atoms with Crippen molar-refractivity contribution in [3.05, 3.63) is 0 Å². The fraction of sp³-hybridized carbons (Fsp3) is 0.500. The molecule has 0 rings (SSSR count). The molecule has 0 aliphatic carbocycles. The lowest BCUT2D eigenvalue weighted by Crippen LogP contribution is -1.55. The Labute approximate surface area is 55.3 Å². The van der Waals surface area contributed by atoms with Gasteiger partial charge in [-0.25, -0.2) is 0 Å². The van der Waals surface area contributed by atoms with Crippen molar-refractivity contribution in [3.63, 3.8) is 0 Å². The Morgan fingerprint density at radius 2 is 1.14 bits per heavy atom. The summed E-state index contributed by atoms with van der Waals surface area (Å²) in [6.45, 7) is 0. The number of alkyl halides is 3. The van der Waals surface area contributed by atoms with Gasteiger partial charge in [-0.15, -0.1) is 0 Å². The van der Waals surface area contributed by atoms with E-state index in [0.717, 1.165) is 0 Å². The average molecular weight is 163 g/mol. The minimum atomic E-state index is -0.750. The molecular formula is C2HCl3O2. The number of carbonyl (C=O) groups excluding carboxylic acids is 2. The first-order valence-electron chi connectivity index (χ1n) is 1.06. The van der Waals surface area contributed by atoms with Crippen molar-refractivity contribution in [2.75, 3.05) is 0 Å². The van der Waals surface area contributed by atoms with Crippen molar-refractivity contribution in [3.8, 4) is 0 Å². The topological polar surface area (TPSA) is 34.1 Å². The number of hydrogen-bond donors (Lipinski definition) is 0. The second-order valence-electron chi connectivity index (χ2n) is 0.331. The summed E-state index contributed by atoms with van der Waals surface area (Å²) < 4.78 is -0.750. The van der Waals surface area contributed by atoms with E-state index in [0.29, 0.717) is 0 Å². The third-order valence-electron chi connectivity index (χ3n) is 0. The van der Waals surface area contributed by atoms with E-state index in [1.165, 1.54) is 0 Å². The van der Waals surface area contributed by atoms with Gasteiger partial charge in [0.25, 0.3) is 0 Å². The Hall–Kier alpha value is 0.250. The van der Waals surface area contributed by atoms with Crippen LogP contribution in [0.4, 0.5) is 0 Å². The van der Waals surface area contributed by atoms with Crippen molar-refractivity contribution in [1.82, 2.24) is 0 Å². The molecule has 0 aliphatic rings. The number of hydrogen-bond acceptors (Lipinski definition) is 2. The molecule has 0 unspecified atom stereocenters. The summed E-state index contributed by atoms with van der Waals surface area (Å²) in [7, 11) is 0. The fourth-order valence-electron chi connectivity index (χ4n) is 0. The molecule has 42 valence electrons. The number of halogens is 3. The van der Waals surface area contributed by atoms with E-state index < -0.39 is 4.30 Å². The van der Waals surface area contributed by atoms with Crippen molar-refractivity contribution in [2.24, 2.45) is 0 Å². The molecule has 0 saturated carbocycles. The Morgan fingerprint density at radius 3 is 1.14 bits per heavy atom. The van der Waals surface area contributed by atoms with Gasteiger partial charge in [0.15, 0.2) is 4.30 Å². The highest BCUT2D eigenvalue weighted by molar-refractivity contribution is 6.63. The maximum absolute atomic E-state index is 8.12. The van der Waals surface area contributed by atoms with Crippen molar-refractivity contribution in [2.45, 2.75) is 4.30 Å². The smallest absolute Gasteiger partial charge is 0.186 e. The van der Waals surface area contributed by atoms with Crippen molar-refractivity contribution < 1.29 is 9.59 Å². The molecule has 0 fully saturated rings. The highest BCUT2D eigenvalue weighted by Crippen LogP contribution is 2.03. The lowest BCUT2D eigenvalue weighted by Gasteiger charge is -1.69. The van der Waals surface area contributed by atoms with Gasteiger partial charge >= 0.3 is 6.15 Å². The molecule has 7 heavy (non-hydrogen) atoms. The Morgan fingerprint density at radius 1 is 1.14 bits per heavy atom. The van der Waals surface area contributed by atoms with Crippen LogP contribution in [0.2, 0.25) is 0 Å². The standard InChI is InChI=1S/CHCl3.CO2/c2-1(3)4;2-1-3/h1H;. The minimum absolute atomic E-state index is 0.250. The first-order valence-corrected chi connectivity index (χ1v) is 2.37. The summed E-state index contributed by atoms with van der Waals surface area (Å²) in [4.78, 5) is 16.2. The van der Waals surface area contributed by atoms with Gasteiger partial charge in [-0.3, -0.25) is 0 Å². The van der Waals surface area contributed by atoms with Gasteiger partial charge in [-0.1, -0.05) is 34.8 Å². The van der Waals surface area contributed by atoms with Crippen LogP contribution in [0.1, 0.15) is 0 Å². The highest BCUT2D eigenvalue weighted by atomic mass is 35.6. The molecule has 0 heterocycles. The molecule has 5 heteroatoms. The van der Waals surface area contributed by atoms with E-state index in [1.54, 1.807) is 0 Å². The fourth-order valence-corrected chi connectivity index (χ4v) is 0. The van der Waals surface area contributed by atoms with Crippen LogP contribution in [-0.2, 0) is 9.59 Å². The predicted octanol–water partition coefficient (Wildman–Crippen LogP) is 1.40. The quantitative estimate of drug-likeness (QED) is 0.506. The lowest BCUT2D eigenvalue weighted by atomic mass is 11.8. The van der Waals surface area contributed by atoms with Gasteiger partial charge in [0, 0.05) is 0 Å². The summed E-state index contributed by atoms with van der Waals surface area (Å²) in [5.41, 5.74) is 0. The van der Waals surface area contributed by atoms with E-state index in [-0.39, 0.29) is 6.15 Å². The third kappa shape index (κ3) is 1810. The van der Waals surface area contributed by atoms with Crippen molar-refractivity contribution >= 4 is 41.0 Å². The zero-order chi connectivity index (χ0) is 6.28. The Balaban J connectivity index is 0. The maximum Gasteiger partial charge on any atom is 0.373 e. The molecule has 0 aromatic carbocycles. The maximum atomic E-state index is 8.12. The average Bonchev–Trinajstić information content (AvgIpc) is 1.33.